The summed E-state index contributed by atoms with van der Waals surface area (Å²) in [7, 11) is 0. The molecule has 2 N–H and O–H groups in total. The van der Waals surface area contributed by atoms with Crippen LogP contribution >= 0.6 is 15.9 Å². The Morgan fingerprint density at radius 2 is 1.80 bits per heavy atom. The van der Waals surface area contributed by atoms with Gasteiger partial charge in [0.1, 0.15) is 0 Å². The van der Waals surface area contributed by atoms with Crippen LogP contribution in [0.1, 0.15) is 5.56 Å². The molecule has 5 nitrogen and oxygen atoms in total. The van der Waals surface area contributed by atoms with E-state index in [1.165, 1.54) is 0 Å². The number of anilines is 2. The third-order valence-electron chi connectivity index (χ3n) is 3.89. The van der Waals surface area contributed by atoms with Crippen LogP contribution in [0.4, 0.5) is 16.2 Å². The second kappa shape index (κ2) is 8.69. The molecular formula is C19H20BrN3O2. The van der Waals surface area contributed by atoms with Gasteiger partial charge in [0.15, 0.2) is 0 Å². The molecule has 0 unspecified atom stereocenters. The first-order valence-electron chi connectivity index (χ1n) is 8.14. The highest BCUT2D eigenvalue weighted by Gasteiger charge is 2.15. The molecular weight excluding hydrogens is 382 g/mol. The van der Waals surface area contributed by atoms with E-state index in [1.807, 2.05) is 54.6 Å². The molecule has 0 bridgehead atoms. The summed E-state index contributed by atoms with van der Waals surface area (Å²) >= 11 is 3.48. The SMILES string of the molecule is O=C(N/C=C/c1ccccc1Br)Nc1ccccc1N1CCOCC1. The van der Waals surface area contributed by atoms with Crippen molar-refractivity contribution in [3.05, 3.63) is 64.8 Å². The number of urea groups is 1. The minimum atomic E-state index is -0.274. The highest BCUT2D eigenvalue weighted by Crippen LogP contribution is 2.26. The Balaban J connectivity index is 1.62. The number of hydrogen-bond acceptors (Lipinski definition) is 3. The standard InChI is InChI=1S/C19H20BrN3O2/c20-16-6-2-1-5-15(16)9-10-21-19(24)22-17-7-3-4-8-18(17)23-11-13-25-14-12-23/h1-10H,11-14H2,(H2,21,22,24)/b10-9+. The van der Waals surface area contributed by atoms with Crippen molar-refractivity contribution in [2.75, 3.05) is 36.5 Å². The largest absolute Gasteiger partial charge is 0.378 e. The number of amides is 2. The fraction of sp³-hybridized carbons (Fsp3) is 0.211. The zero-order valence-corrected chi connectivity index (χ0v) is 15.3. The zero-order chi connectivity index (χ0) is 17.5. The van der Waals surface area contributed by atoms with Crippen molar-refractivity contribution in [3.8, 4) is 0 Å². The van der Waals surface area contributed by atoms with E-state index in [4.69, 9.17) is 4.74 Å². The predicted molar refractivity (Wildman–Crippen MR) is 105 cm³/mol. The summed E-state index contributed by atoms with van der Waals surface area (Å²) in [5.74, 6) is 0. The van der Waals surface area contributed by atoms with Gasteiger partial charge in [-0.3, -0.25) is 0 Å². The second-order valence-corrected chi connectivity index (χ2v) is 6.42. The summed E-state index contributed by atoms with van der Waals surface area (Å²) in [6, 6.07) is 15.3. The number of benzene rings is 2. The number of rotatable bonds is 4. The first kappa shape index (κ1) is 17.5. The average molecular weight is 402 g/mol. The minimum Gasteiger partial charge on any atom is -0.378 e. The molecule has 6 heteroatoms. The highest BCUT2D eigenvalue weighted by atomic mass is 79.9. The molecule has 2 aromatic carbocycles. The van der Waals surface area contributed by atoms with Crippen molar-refractivity contribution < 1.29 is 9.53 Å². The lowest BCUT2D eigenvalue weighted by atomic mass is 10.2. The third kappa shape index (κ3) is 4.84. The summed E-state index contributed by atoms with van der Waals surface area (Å²) < 4.78 is 6.37. The first-order valence-corrected chi connectivity index (χ1v) is 8.93. The lowest BCUT2D eigenvalue weighted by molar-refractivity contribution is 0.123. The van der Waals surface area contributed by atoms with Crippen LogP contribution in [0.15, 0.2) is 59.2 Å². The molecule has 3 rings (SSSR count). The Hall–Kier alpha value is -2.31. The maximum Gasteiger partial charge on any atom is 0.323 e. The van der Waals surface area contributed by atoms with Crippen molar-refractivity contribution >= 4 is 39.4 Å². The minimum absolute atomic E-state index is 0.274. The monoisotopic (exact) mass is 401 g/mol. The van der Waals surface area contributed by atoms with Gasteiger partial charge in [-0.25, -0.2) is 4.79 Å². The quantitative estimate of drug-likeness (QED) is 0.811. The number of nitrogens with zero attached hydrogens (tertiary/aromatic N) is 1. The van der Waals surface area contributed by atoms with Crippen LogP contribution in [0.3, 0.4) is 0 Å². The van der Waals surface area contributed by atoms with E-state index in [2.05, 4.69) is 31.5 Å². The Morgan fingerprint density at radius 1 is 1.08 bits per heavy atom. The normalized spacial score (nSPS) is 14.5. The number of ether oxygens (including phenoxy) is 1. The molecule has 130 valence electrons. The van der Waals surface area contributed by atoms with Crippen LogP contribution in [0, 0.1) is 0 Å². The Labute approximate surface area is 155 Å². The van der Waals surface area contributed by atoms with Gasteiger partial charge in [-0.15, -0.1) is 0 Å². The van der Waals surface area contributed by atoms with Gasteiger partial charge < -0.3 is 20.3 Å². The van der Waals surface area contributed by atoms with Crippen LogP contribution in [0.25, 0.3) is 6.08 Å². The molecule has 0 spiro atoms. The summed E-state index contributed by atoms with van der Waals surface area (Å²) in [5.41, 5.74) is 2.79. The summed E-state index contributed by atoms with van der Waals surface area (Å²) in [5, 5.41) is 5.66. The van der Waals surface area contributed by atoms with E-state index in [-0.39, 0.29) is 6.03 Å². The Bertz CT molecular complexity index is 758. The van der Waals surface area contributed by atoms with Gasteiger partial charge in [-0.05, 0) is 29.8 Å². The molecule has 1 aliphatic heterocycles. The van der Waals surface area contributed by atoms with Crippen molar-refractivity contribution in [1.82, 2.24) is 5.32 Å². The molecule has 2 amide bonds. The second-order valence-electron chi connectivity index (χ2n) is 5.57. The topological polar surface area (TPSA) is 53.6 Å². The van der Waals surface area contributed by atoms with E-state index in [9.17, 15) is 4.79 Å². The van der Waals surface area contributed by atoms with Crippen molar-refractivity contribution in [2.24, 2.45) is 0 Å². The van der Waals surface area contributed by atoms with Crippen molar-refractivity contribution in [3.63, 3.8) is 0 Å². The van der Waals surface area contributed by atoms with Gasteiger partial charge in [0, 0.05) is 23.8 Å². The van der Waals surface area contributed by atoms with E-state index in [0.717, 1.165) is 34.5 Å². The summed E-state index contributed by atoms with van der Waals surface area (Å²) in [4.78, 5) is 14.4. The Morgan fingerprint density at radius 3 is 2.60 bits per heavy atom. The van der Waals surface area contributed by atoms with Crippen LogP contribution in [-0.4, -0.2) is 32.3 Å². The lowest BCUT2D eigenvalue weighted by Crippen LogP contribution is -2.37. The number of carbonyl (C=O) groups excluding carboxylic acids is 1. The molecule has 1 fully saturated rings. The number of halogens is 1. The molecule has 0 radical (unpaired) electrons. The summed E-state index contributed by atoms with van der Waals surface area (Å²) in [6.07, 6.45) is 3.48. The third-order valence-corrected chi connectivity index (χ3v) is 4.61. The predicted octanol–water partition coefficient (Wildman–Crippen LogP) is 4.08. The molecule has 0 aliphatic carbocycles. The molecule has 0 atom stereocenters. The maximum absolute atomic E-state index is 12.2. The number of para-hydroxylation sites is 2. The molecule has 1 heterocycles. The van der Waals surface area contributed by atoms with E-state index < -0.39 is 0 Å². The molecule has 1 saturated heterocycles. The van der Waals surface area contributed by atoms with E-state index in [0.29, 0.717) is 13.2 Å². The van der Waals surface area contributed by atoms with E-state index >= 15 is 0 Å². The van der Waals surface area contributed by atoms with Crippen molar-refractivity contribution in [1.29, 1.82) is 0 Å². The van der Waals surface area contributed by atoms with E-state index in [1.54, 1.807) is 6.20 Å². The number of nitrogens with one attached hydrogen (secondary N) is 2. The van der Waals surface area contributed by atoms with Crippen LogP contribution < -0.4 is 15.5 Å². The van der Waals surface area contributed by atoms with Crippen LogP contribution in [0.5, 0.6) is 0 Å². The Kier molecular flexibility index (Phi) is 6.09. The average Bonchev–Trinajstić information content (AvgIpc) is 2.64. The zero-order valence-electron chi connectivity index (χ0n) is 13.7. The molecule has 2 aromatic rings. The van der Waals surface area contributed by atoms with Gasteiger partial charge in [0.25, 0.3) is 0 Å². The summed E-state index contributed by atoms with van der Waals surface area (Å²) in [6.45, 7) is 3.05. The van der Waals surface area contributed by atoms with Gasteiger partial charge in [0.05, 0.1) is 24.6 Å². The maximum atomic E-state index is 12.2. The molecule has 25 heavy (non-hydrogen) atoms. The van der Waals surface area contributed by atoms with Crippen LogP contribution in [-0.2, 0) is 4.74 Å². The fourth-order valence-corrected chi connectivity index (χ4v) is 3.05. The molecule has 0 saturated carbocycles. The lowest BCUT2D eigenvalue weighted by Gasteiger charge is -2.30. The van der Waals surface area contributed by atoms with Gasteiger partial charge in [-0.1, -0.05) is 46.3 Å². The number of morpholine rings is 1. The van der Waals surface area contributed by atoms with Gasteiger partial charge in [0.2, 0.25) is 0 Å². The van der Waals surface area contributed by atoms with Gasteiger partial charge >= 0.3 is 6.03 Å². The molecule has 0 aromatic heterocycles. The fourth-order valence-electron chi connectivity index (χ4n) is 2.64. The number of carbonyl (C=O) groups is 1. The molecule has 1 aliphatic rings. The smallest absolute Gasteiger partial charge is 0.323 e. The first-order chi connectivity index (χ1) is 12.2. The van der Waals surface area contributed by atoms with Gasteiger partial charge in [-0.2, -0.15) is 0 Å². The van der Waals surface area contributed by atoms with Crippen molar-refractivity contribution in [2.45, 2.75) is 0 Å². The highest BCUT2D eigenvalue weighted by molar-refractivity contribution is 9.10. The van der Waals surface area contributed by atoms with Crippen LogP contribution in [0.2, 0.25) is 0 Å². The number of hydrogen-bond donors (Lipinski definition) is 2.